The molecule has 4 heteroatoms. The van der Waals surface area contributed by atoms with Crippen LogP contribution in [0, 0.1) is 24.2 Å². The van der Waals surface area contributed by atoms with Crippen molar-refractivity contribution in [1.29, 1.82) is 5.26 Å². The van der Waals surface area contributed by atoms with Gasteiger partial charge in [-0.05, 0) is 25.7 Å². The lowest BCUT2D eigenvalue weighted by Crippen LogP contribution is -2.08. The molecular weight excluding hydrogens is 200 g/mol. The topological polar surface area (TPSA) is 53.6 Å². The van der Waals surface area contributed by atoms with Gasteiger partial charge < -0.3 is 5.32 Å². The Morgan fingerprint density at radius 2 is 2.19 bits per heavy atom. The van der Waals surface area contributed by atoms with Crippen LogP contribution in [-0.4, -0.2) is 16.3 Å². The van der Waals surface area contributed by atoms with E-state index >= 15 is 0 Å². The van der Waals surface area contributed by atoms with Crippen LogP contribution in [0.5, 0.6) is 0 Å². The summed E-state index contributed by atoms with van der Waals surface area (Å²) < 4.78 is 1.74. The van der Waals surface area contributed by atoms with Gasteiger partial charge in [-0.15, -0.1) is 0 Å². The second kappa shape index (κ2) is 5.55. The second-order valence-electron chi connectivity index (χ2n) is 4.51. The fraction of sp³-hybridized carbons (Fsp3) is 0.667. The van der Waals surface area contributed by atoms with Crippen molar-refractivity contribution in [2.45, 2.75) is 33.6 Å². The molecule has 0 aliphatic carbocycles. The summed E-state index contributed by atoms with van der Waals surface area (Å²) in [5.74, 6) is 1.56. The first-order chi connectivity index (χ1) is 7.56. The Balaban J connectivity index is 2.57. The largest absolute Gasteiger partial charge is 0.369 e. The van der Waals surface area contributed by atoms with Crippen LogP contribution in [0.3, 0.4) is 0 Å². The number of nitrogens with zero attached hydrogens (tertiary/aromatic N) is 3. The molecule has 0 aromatic carbocycles. The average molecular weight is 220 g/mol. The fourth-order valence-corrected chi connectivity index (χ4v) is 1.71. The van der Waals surface area contributed by atoms with E-state index in [-0.39, 0.29) is 0 Å². The van der Waals surface area contributed by atoms with Gasteiger partial charge in [0.15, 0.2) is 0 Å². The van der Waals surface area contributed by atoms with E-state index in [4.69, 9.17) is 5.26 Å². The zero-order valence-electron chi connectivity index (χ0n) is 10.5. The monoisotopic (exact) mass is 220 g/mol. The molecule has 0 saturated carbocycles. The maximum atomic E-state index is 9.01. The van der Waals surface area contributed by atoms with Crippen LogP contribution in [0.2, 0.25) is 0 Å². The number of aryl methyl sites for hydroxylation is 2. The summed E-state index contributed by atoms with van der Waals surface area (Å²) in [7, 11) is 1.86. The quantitative estimate of drug-likeness (QED) is 0.775. The molecule has 0 atom stereocenters. The molecule has 1 N–H and O–H groups in total. The molecule has 0 bridgehead atoms. The van der Waals surface area contributed by atoms with E-state index in [0.717, 1.165) is 30.4 Å². The number of hydrogen-bond donors (Lipinski definition) is 1. The van der Waals surface area contributed by atoms with Crippen molar-refractivity contribution in [1.82, 2.24) is 9.78 Å². The van der Waals surface area contributed by atoms with Gasteiger partial charge in [-0.2, -0.15) is 10.4 Å². The Labute approximate surface area is 97.3 Å². The highest BCUT2D eigenvalue weighted by molar-refractivity contribution is 5.54. The highest BCUT2D eigenvalue weighted by Gasteiger charge is 2.11. The van der Waals surface area contributed by atoms with Crippen molar-refractivity contribution in [3.63, 3.8) is 0 Å². The van der Waals surface area contributed by atoms with E-state index in [2.05, 4.69) is 30.3 Å². The van der Waals surface area contributed by atoms with Gasteiger partial charge in [0.25, 0.3) is 0 Å². The lowest BCUT2D eigenvalue weighted by atomic mass is 10.1. The minimum Gasteiger partial charge on any atom is -0.369 e. The number of nitrogens with one attached hydrogen (secondary N) is 1. The van der Waals surface area contributed by atoms with Gasteiger partial charge in [0.1, 0.15) is 17.5 Å². The van der Waals surface area contributed by atoms with Gasteiger partial charge in [-0.3, -0.25) is 4.68 Å². The average Bonchev–Trinajstić information content (AvgIpc) is 2.47. The van der Waals surface area contributed by atoms with Crippen LogP contribution < -0.4 is 5.32 Å². The molecule has 16 heavy (non-hydrogen) atoms. The zero-order valence-corrected chi connectivity index (χ0v) is 10.5. The van der Waals surface area contributed by atoms with E-state index in [9.17, 15) is 0 Å². The molecule has 0 fully saturated rings. The number of nitriles is 1. The molecule has 1 aromatic heterocycles. The van der Waals surface area contributed by atoms with Gasteiger partial charge in [-0.1, -0.05) is 13.8 Å². The van der Waals surface area contributed by atoms with E-state index < -0.39 is 0 Å². The molecule has 88 valence electrons. The Kier molecular flexibility index (Phi) is 4.36. The first kappa shape index (κ1) is 12.6. The molecule has 1 rings (SSSR count). The van der Waals surface area contributed by atoms with Gasteiger partial charge in [0, 0.05) is 13.6 Å². The van der Waals surface area contributed by atoms with Crippen LogP contribution in [0.1, 0.15) is 37.9 Å². The number of aromatic nitrogens is 2. The molecule has 0 amide bonds. The summed E-state index contributed by atoms with van der Waals surface area (Å²) in [6.07, 6.45) is 2.32. The molecular formula is C12H20N4. The highest BCUT2D eigenvalue weighted by Crippen LogP contribution is 2.17. The van der Waals surface area contributed by atoms with Crippen molar-refractivity contribution >= 4 is 5.82 Å². The maximum Gasteiger partial charge on any atom is 0.142 e. The van der Waals surface area contributed by atoms with Gasteiger partial charge in [0.05, 0.1) is 5.69 Å². The Morgan fingerprint density at radius 3 is 2.75 bits per heavy atom. The number of rotatable bonds is 5. The van der Waals surface area contributed by atoms with Gasteiger partial charge >= 0.3 is 0 Å². The third kappa shape index (κ3) is 2.99. The molecule has 0 aliphatic rings. The lowest BCUT2D eigenvalue weighted by molar-refractivity contribution is 0.566. The third-order valence-corrected chi connectivity index (χ3v) is 2.58. The molecule has 4 nitrogen and oxygen atoms in total. The van der Waals surface area contributed by atoms with E-state index in [1.807, 2.05) is 14.0 Å². The van der Waals surface area contributed by atoms with E-state index in [0.29, 0.717) is 5.56 Å². The minimum atomic E-state index is 0.659. The second-order valence-corrected chi connectivity index (χ2v) is 4.51. The summed E-state index contributed by atoms with van der Waals surface area (Å²) in [6, 6.07) is 2.19. The first-order valence-electron chi connectivity index (χ1n) is 5.73. The highest BCUT2D eigenvalue weighted by atomic mass is 15.3. The summed E-state index contributed by atoms with van der Waals surface area (Å²) >= 11 is 0. The number of anilines is 1. The maximum absolute atomic E-state index is 9.01. The molecule has 0 unspecified atom stereocenters. The van der Waals surface area contributed by atoms with Crippen LogP contribution in [-0.2, 0) is 7.05 Å². The summed E-state index contributed by atoms with van der Waals surface area (Å²) in [6.45, 7) is 7.19. The van der Waals surface area contributed by atoms with Crippen molar-refractivity contribution in [3.8, 4) is 6.07 Å². The molecule has 1 heterocycles. The Bertz CT molecular complexity index is 384. The Morgan fingerprint density at radius 1 is 1.50 bits per heavy atom. The molecule has 0 aliphatic heterocycles. The Hall–Kier alpha value is -1.50. The van der Waals surface area contributed by atoms with Crippen LogP contribution >= 0.6 is 0 Å². The van der Waals surface area contributed by atoms with E-state index in [1.54, 1.807) is 4.68 Å². The van der Waals surface area contributed by atoms with Crippen molar-refractivity contribution in [2.75, 3.05) is 11.9 Å². The minimum absolute atomic E-state index is 0.659. The summed E-state index contributed by atoms with van der Waals surface area (Å²) in [5.41, 5.74) is 1.45. The smallest absolute Gasteiger partial charge is 0.142 e. The van der Waals surface area contributed by atoms with Crippen molar-refractivity contribution in [2.24, 2.45) is 13.0 Å². The molecule has 0 spiro atoms. The standard InChI is InChI=1S/C12H20N4/c1-9(2)6-5-7-14-12-11(8-13)10(3)15-16(12)4/h9,14H,5-7H2,1-4H3. The molecule has 0 radical (unpaired) electrons. The lowest BCUT2D eigenvalue weighted by Gasteiger charge is -2.08. The van der Waals surface area contributed by atoms with Gasteiger partial charge in [0.2, 0.25) is 0 Å². The van der Waals surface area contributed by atoms with Crippen molar-refractivity contribution < 1.29 is 0 Å². The predicted molar refractivity (Wildman–Crippen MR) is 65.2 cm³/mol. The molecule has 0 saturated heterocycles. The number of hydrogen-bond acceptors (Lipinski definition) is 3. The summed E-state index contributed by atoms with van der Waals surface area (Å²) in [4.78, 5) is 0. The fourth-order valence-electron chi connectivity index (χ4n) is 1.71. The normalized spacial score (nSPS) is 10.5. The molecule has 1 aromatic rings. The third-order valence-electron chi connectivity index (χ3n) is 2.58. The first-order valence-corrected chi connectivity index (χ1v) is 5.73. The van der Waals surface area contributed by atoms with Crippen LogP contribution in [0.15, 0.2) is 0 Å². The predicted octanol–water partition coefficient (Wildman–Crippen LogP) is 2.45. The zero-order chi connectivity index (χ0) is 12.1. The van der Waals surface area contributed by atoms with E-state index in [1.165, 1.54) is 6.42 Å². The summed E-state index contributed by atoms with van der Waals surface area (Å²) in [5, 5.41) is 16.5. The van der Waals surface area contributed by atoms with Gasteiger partial charge in [-0.25, -0.2) is 0 Å². The van der Waals surface area contributed by atoms with Crippen LogP contribution in [0.4, 0.5) is 5.82 Å². The van der Waals surface area contributed by atoms with Crippen molar-refractivity contribution in [3.05, 3.63) is 11.3 Å². The SMILES string of the molecule is Cc1nn(C)c(NCCCC(C)C)c1C#N. The van der Waals surface area contributed by atoms with Crippen LogP contribution in [0.25, 0.3) is 0 Å².